The molecule has 0 spiro atoms. The van der Waals surface area contributed by atoms with Gasteiger partial charge in [-0.2, -0.15) is 0 Å². The number of hydrogen-bond acceptors (Lipinski definition) is 3. The van der Waals surface area contributed by atoms with E-state index in [1.807, 2.05) is 13.8 Å². The van der Waals surface area contributed by atoms with Crippen molar-refractivity contribution in [1.29, 1.82) is 0 Å². The molecule has 19 heavy (non-hydrogen) atoms. The summed E-state index contributed by atoms with van der Waals surface area (Å²) in [6.45, 7) is 4.89. The highest BCUT2D eigenvalue weighted by molar-refractivity contribution is 9.09. The quantitative estimate of drug-likeness (QED) is 0.780. The summed E-state index contributed by atoms with van der Waals surface area (Å²) in [5, 5.41) is 0.862. The molecule has 1 aliphatic carbocycles. The van der Waals surface area contributed by atoms with E-state index in [-0.39, 0.29) is 11.6 Å². The van der Waals surface area contributed by atoms with Crippen molar-refractivity contribution < 1.29 is 0 Å². The number of hydrogen-bond donors (Lipinski definition) is 0. The highest BCUT2D eigenvalue weighted by atomic mass is 79.9. The van der Waals surface area contributed by atoms with E-state index in [1.54, 1.807) is 17.0 Å². The third kappa shape index (κ3) is 3.19. The highest BCUT2D eigenvalue weighted by Gasteiger charge is 2.25. The third-order valence-electron chi connectivity index (χ3n) is 3.77. The normalized spacial score (nSPS) is 16.2. The Morgan fingerprint density at radius 1 is 1.47 bits per heavy atom. The van der Waals surface area contributed by atoms with Gasteiger partial charge in [0.05, 0.1) is 0 Å². The first-order valence-electron chi connectivity index (χ1n) is 7.05. The van der Waals surface area contributed by atoms with Crippen molar-refractivity contribution in [2.24, 2.45) is 0 Å². The van der Waals surface area contributed by atoms with Crippen LogP contribution in [0, 0.1) is 0 Å². The van der Waals surface area contributed by atoms with Crippen LogP contribution in [-0.2, 0) is 0 Å². The average Bonchev–Trinajstić information content (AvgIpc) is 2.90. The smallest absolute Gasteiger partial charge is 0.293 e. The van der Waals surface area contributed by atoms with Gasteiger partial charge in [0.1, 0.15) is 0 Å². The minimum Gasteiger partial charge on any atom is -0.348 e. The van der Waals surface area contributed by atoms with E-state index in [0.717, 1.165) is 11.9 Å². The molecule has 106 valence electrons. The Balaban J connectivity index is 2.36. The molecule has 0 unspecified atom stereocenters. The van der Waals surface area contributed by atoms with Crippen LogP contribution in [0.1, 0.15) is 45.6 Å². The van der Waals surface area contributed by atoms with E-state index in [1.165, 1.54) is 25.7 Å². The first kappa shape index (κ1) is 14.6. The second kappa shape index (κ2) is 6.55. The number of alkyl halides is 1. The van der Waals surface area contributed by atoms with Gasteiger partial charge in [-0.15, -0.1) is 0 Å². The summed E-state index contributed by atoms with van der Waals surface area (Å²) in [6, 6.07) is 0.643. The Bertz CT molecular complexity index is 466. The molecule has 0 bridgehead atoms. The van der Waals surface area contributed by atoms with Gasteiger partial charge in [-0.25, -0.2) is 4.98 Å². The summed E-state index contributed by atoms with van der Waals surface area (Å²) in [5.74, 6) is 0.613. The van der Waals surface area contributed by atoms with E-state index in [4.69, 9.17) is 0 Å². The van der Waals surface area contributed by atoms with Gasteiger partial charge in [-0.05, 0) is 26.7 Å². The van der Waals surface area contributed by atoms with Gasteiger partial charge in [0.25, 0.3) is 5.56 Å². The van der Waals surface area contributed by atoms with Gasteiger partial charge < -0.3 is 9.47 Å². The fourth-order valence-electron chi connectivity index (χ4n) is 2.79. The van der Waals surface area contributed by atoms with Gasteiger partial charge in [-0.1, -0.05) is 28.8 Å². The second-order valence-corrected chi connectivity index (χ2v) is 6.17. The highest BCUT2D eigenvalue weighted by Crippen LogP contribution is 2.25. The molecule has 4 nitrogen and oxygen atoms in total. The molecule has 1 fully saturated rings. The van der Waals surface area contributed by atoms with Crippen LogP contribution in [0.5, 0.6) is 0 Å². The fraction of sp³-hybridized carbons (Fsp3) is 0.714. The molecule has 2 rings (SSSR count). The standard InChI is InChI=1S/C14H22BrN3O/c1-11(2)17-10-8-16-13(14(17)19)18(9-7-15)12-5-3-4-6-12/h8,10-12H,3-7,9H2,1-2H3. The molecule has 0 N–H and O–H groups in total. The van der Waals surface area contributed by atoms with Gasteiger partial charge in [0, 0.05) is 36.4 Å². The largest absolute Gasteiger partial charge is 0.348 e. The van der Waals surface area contributed by atoms with Gasteiger partial charge in [0.15, 0.2) is 5.82 Å². The summed E-state index contributed by atoms with van der Waals surface area (Å²) in [6.07, 6.45) is 8.38. The Hall–Kier alpha value is -0.840. The topological polar surface area (TPSA) is 38.1 Å². The fourth-order valence-corrected chi connectivity index (χ4v) is 3.17. The lowest BCUT2D eigenvalue weighted by Crippen LogP contribution is -2.41. The molecule has 1 aromatic rings. The predicted molar refractivity (Wildman–Crippen MR) is 82.3 cm³/mol. The SMILES string of the molecule is CC(C)n1ccnc(N(CCBr)C2CCCC2)c1=O. The number of rotatable bonds is 5. The Labute approximate surface area is 123 Å². The molecule has 1 aliphatic rings. The first-order valence-corrected chi connectivity index (χ1v) is 8.17. The maximum atomic E-state index is 12.5. The predicted octanol–water partition coefficient (Wildman–Crippen LogP) is 2.97. The lowest BCUT2D eigenvalue weighted by molar-refractivity contribution is 0.558. The van der Waals surface area contributed by atoms with Crippen molar-refractivity contribution in [2.75, 3.05) is 16.8 Å². The van der Waals surface area contributed by atoms with Crippen molar-refractivity contribution in [2.45, 2.75) is 51.6 Å². The lowest BCUT2D eigenvalue weighted by atomic mass is 10.2. The van der Waals surface area contributed by atoms with E-state index < -0.39 is 0 Å². The molecule has 0 aromatic carbocycles. The molecule has 0 atom stereocenters. The van der Waals surface area contributed by atoms with Gasteiger partial charge >= 0.3 is 0 Å². The van der Waals surface area contributed by atoms with E-state index in [9.17, 15) is 4.79 Å². The molecule has 0 aliphatic heterocycles. The number of halogens is 1. The van der Waals surface area contributed by atoms with Crippen LogP contribution in [0.2, 0.25) is 0 Å². The summed E-state index contributed by atoms with van der Waals surface area (Å²) in [5.41, 5.74) is 0.0327. The zero-order valence-corrected chi connectivity index (χ0v) is 13.3. The number of aromatic nitrogens is 2. The zero-order chi connectivity index (χ0) is 13.8. The van der Waals surface area contributed by atoms with Gasteiger partial charge in [-0.3, -0.25) is 4.79 Å². The molecule has 0 saturated heterocycles. The molecule has 1 saturated carbocycles. The summed E-state index contributed by atoms with van der Waals surface area (Å²) in [7, 11) is 0. The van der Waals surface area contributed by atoms with Crippen molar-refractivity contribution >= 4 is 21.7 Å². The summed E-state index contributed by atoms with van der Waals surface area (Å²) < 4.78 is 1.76. The molecule has 0 amide bonds. The molecule has 0 radical (unpaired) electrons. The van der Waals surface area contributed by atoms with Crippen LogP contribution < -0.4 is 10.5 Å². The first-order chi connectivity index (χ1) is 9.15. The maximum absolute atomic E-state index is 12.5. The maximum Gasteiger partial charge on any atom is 0.293 e. The number of nitrogens with zero attached hydrogens (tertiary/aromatic N) is 3. The van der Waals surface area contributed by atoms with Crippen LogP contribution in [0.3, 0.4) is 0 Å². The Morgan fingerprint density at radius 3 is 2.74 bits per heavy atom. The van der Waals surface area contributed by atoms with Crippen molar-refractivity contribution in [3.8, 4) is 0 Å². The van der Waals surface area contributed by atoms with Crippen LogP contribution in [-0.4, -0.2) is 27.5 Å². The van der Waals surface area contributed by atoms with Gasteiger partial charge in [0.2, 0.25) is 0 Å². The minimum absolute atomic E-state index is 0.0327. The van der Waals surface area contributed by atoms with Crippen LogP contribution in [0.15, 0.2) is 17.2 Å². The van der Waals surface area contributed by atoms with Crippen molar-refractivity contribution in [3.63, 3.8) is 0 Å². The lowest BCUT2D eigenvalue weighted by Gasteiger charge is -2.29. The van der Waals surface area contributed by atoms with E-state index >= 15 is 0 Å². The zero-order valence-electron chi connectivity index (χ0n) is 11.7. The Kier molecular flexibility index (Phi) is 5.02. The Morgan fingerprint density at radius 2 is 2.16 bits per heavy atom. The minimum atomic E-state index is 0.0327. The molecular weight excluding hydrogens is 306 g/mol. The van der Waals surface area contributed by atoms with Crippen molar-refractivity contribution in [3.05, 3.63) is 22.7 Å². The number of anilines is 1. The van der Waals surface area contributed by atoms with E-state index in [0.29, 0.717) is 11.9 Å². The van der Waals surface area contributed by atoms with Crippen molar-refractivity contribution in [1.82, 2.24) is 9.55 Å². The summed E-state index contributed by atoms with van der Waals surface area (Å²) >= 11 is 3.49. The third-order valence-corrected chi connectivity index (χ3v) is 4.12. The van der Waals surface area contributed by atoms with E-state index in [2.05, 4.69) is 25.8 Å². The molecule has 1 aromatic heterocycles. The average molecular weight is 328 g/mol. The monoisotopic (exact) mass is 327 g/mol. The molecular formula is C14H22BrN3O. The van der Waals surface area contributed by atoms with Crippen LogP contribution in [0.25, 0.3) is 0 Å². The van der Waals surface area contributed by atoms with Crippen LogP contribution in [0.4, 0.5) is 5.82 Å². The van der Waals surface area contributed by atoms with Crippen LogP contribution >= 0.6 is 15.9 Å². The second-order valence-electron chi connectivity index (χ2n) is 5.38. The molecule has 5 heteroatoms. The molecule has 1 heterocycles. The summed E-state index contributed by atoms with van der Waals surface area (Å²) in [4.78, 5) is 19.1.